The molecule has 2 heterocycles. The Labute approximate surface area is 221 Å². The Bertz CT molecular complexity index is 1410. The number of benzene rings is 3. The Kier molecular flexibility index (Phi) is 7.23. The minimum absolute atomic E-state index is 0.204. The number of hydrogen-bond donors (Lipinski definition) is 3. The number of hydrogen-bond acceptors (Lipinski definition) is 4. The van der Waals surface area contributed by atoms with Gasteiger partial charge in [0.1, 0.15) is 5.04 Å². The topological polar surface area (TPSA) is 82.6 Å². The molecule has 5 rings (SSSR count). The monoisotopic (exact) mass is 508 g/mol. The zero-order valence-corrected chi connectivity index (χ0v) is 21.6. The second-order valence-electron chi connectivity index (χ2n) is 8.89. The van der Waals surface area contributed by atoms with Gasteiger partial charge in [0, 0.05) is 40.0 Å². The van der Waals surface area contributed by atoms with E-state index in [-0.39, 0.29) is 17.9 Å². The van der Waals surface area contributed by atoms with E-state index in [0.29, 0.717) is 17.0 Å². The number of urea groups is 1. The molecule has 3 aromatic carbocycles. The van der Waals surface area contributed by atoms with E-state index in [4.69, 9.17) is 4.99 Å². The number of fused-ring (bicyclic) bond motifs is 1. The summed E-state index contributed by atoms with van der Waals surface area (Å²) in [4.78, 5) is 31.4. The summed E-state index contributed by atoms with van der Waals surface area (Å²) < 4.78 is 0. The average Bonchev–Trinajstić information content (AvgIpc) is 3.30. The molecule has 0 bridgehead atoms. The Morgan fingerprint density at radius 1 is 0.865 bits per heavy atom. The Morgan fingerprint density at radius 2 is 1.51 bits per heavy atom. The summed E-state index contributed by atoms with van der Waals surface area (Å²) in [6.45, 7) is 3.97. The van der Waals surface area contributed by atoms with Crippen molar-refractivity contribution in [3.63, 3.8) is 0 Å². The fourth-order valence-electron chi connectivity index (χ4n) is 4.60. The number of allylic oxidation sites excluding steroid dienone is 1. The van der Waals surface area contributed by atoms with Crippen LogP contribution < -0.4 is 16.0 Å². The summed E-state index contributed by atoms with van der Waals surface area (Å²) >= 11 is 1.58. The lowest BCUT2D eigenvalue weighted by Gasteiger charge is -2.28. The summed E-state index contributed by atoms with van der Waals surface area (Å²) in [5.74, 6) is 0.0108. The first-order chi connectivity index (χ1) is 18.0. The second kappa shape index (κ2) is 10.9. The van der Waals surface area contributed by atoms with E-state index in [0.717, 1.165) is 39.7 Å². The molecule has 3 N–H and O–H groups in total. The van der Waals surface area contributed by atoms with Gasteiger partial charge in [0.2, 0.25) is 0 Å². The molecule has 0 saturated heterocycles. The van der Waals surface area contributed by atoms with Gasteiger partial charge in [-0.05, 0) is 48.7 Å². The van der Waals surface area contributed by atoms with Crippen molar-refractivity contribution in [2.24, 2.45) is 4.99 Å². The molecule has 2 aliphatic rings. The van der Waals surface area contributed by atoms with E-state index in [1.807, 2.05) is 91.9 Å². The molecule has 0 aliphatic carbocycles. The maximum Gasteiger partial charge on any atom is 0.323 e. The molecule has 0 saturated carbocycles. The van der Waals surface area contributed by atoms with Crippen LogP contribution in [0, 0.1) is 0 Å². The Hall–Kier alpha value is -4.10. The van der Waals surface area contributed by atoms with Crippen LogP contribution in [0.2, 0.25) is 0 Å². The van der Waals surface area contributed by atoms with E-state index in [1.165, 1.54) is 5.56 Å². The van der Waals surface area contributed by atoms with Gasteiger partial charge in [-0.15, -0.1) is 0 Å². The summed E-state index contributed by atoms with van der Waals surface area (Å²) in [7, 11) is 0. The van der Waals surface area contributed by atoms with Gasteiger partial charge >= 0.3 is 6.03 Å². The zero-order valence-electron chi connectivity index (χ0n) is 20.7. The van der Waals surface area contributed by atoms with Crippen molar-refractivity contribution in [3.8, 4) is 0 Å². The van der Waals surface area contributed by atoms with E-state index in [9.17, 15) is 9.59 Å². The van der Waals surface area contributed by atoms with Crippen molar-refractivity contribution in [1.29, 1.82) is 0 Å². The van der Waals surface area contributed by atoms with Gasteiger partial charge in [-0.1, -0.05) is 79.3 Å². The average molecular weight is 509 g/mol. The molecule has 0 radical (unpaired) electrons. The molecule has 37 heavy (non-hydrogen) atoms. The van der Waals surface area contributed by atoms with Gasteiger partial charge in [-0.2, -0.15) is 0 Å². The first-order valence-corrected chi connectivity index (χ1v) is 13.3. The molecule has 2 aliphatic heterocycles. The van der Waals surface area contributed by atoms with E-state index in [2.05, 4.69) is 22.9 Å². The summed E-state index contributed by atoms with van der Waals surface area (Å²) in [6.07, 6.45) is 0.941. The molecular formula is C30H28N4O2S. The minimum atomic E-state index is -0.355. The lowest BCUT2D eigenvalue weighted by atomic mass is 9.81. The zero-order chi connectivity index (χ0) is 25.8. The van der Waals surface area contributed by atoms with Crippen LogP contribution in [0.3, 0.4) is 0 Å². The number of carbonyl (C=O) groups is 2. The number of nitrogens with zero attached hydrogens (tertiary/aromatic N) is 1. The number of aliphatic imine (C=N–C) groups is 1. The smallest absolute Gasteiger partial charge is 0.322 e. The van der Waals surface area contributed by atoms with Crippen LogP contribution >= 0.6 is 11.8 Å². The van der Waals surface area contributed by atoms with Gasteiger partial charge in [0.15, 0.2) is 0 Å². The summed E-state index contributed by atoms with van der Waals surface area (Å²) in [6, 6.07) is 26.8. The molecule has 1 unspecified atom stereocenters. The molecule has 186 valence electrons. The largest absolute Gasteiger partial charge is 0.323 e. The van der Waals surface area contributed by atoms with Gasteiger partial charge in [-0.25, -0.2) is 9.79 Å². The Balaban J connectivity index is 1.48. The molecular weight excluding hydrogens is 480 g/mol. The standard InChI is InChI=1S/C30H28N4O2S/c1-3-20-14-16-23(17-15-20)33-30(36)34-24-18-37-29-27(24)26(21-10-6-4-7-11-21)25(19(2)31-29)28(35)32-22-12-8-5-9-13-22/h4-17,26H,3,18H2,1-2H3,(H,32,35)(H2,33,34,36). The summed E-state index contributed by atoms with van der Waals surface area (Å²) in [5, 5.41) is 9.84. The molecule has 3 aromatic rings. The highest BCUT2D eigenvalue weighted by Crippen LogP contribution is 2.45. The fraction of sp³-hybridized carbons (Fsp3) is 0.167. The molecule has 0 spiro atoms. The maximum atomic E-state index is 13.6. The SMILES string of the molecule is CCc1ccc(NC(=O)NC2=C3C(=NC(C)=C(C(=O)Nc4ccccc4)C3c3ccccc3)SC2)cc1. The van der Waals surface area contributed by atoms with Crippen molar-refractivity contribution in [1.82, 2.24) is 5.32 Å². The van der Waals surface area contributed by atoms with Crippen LogP contribution in [-0.2, 0) is 11.2 Å². The molecule has 3 amide bonds. The van der Waals surface area contributed by atoms with E-state index in [1.54, 1.807) is 11.8 Å². The number of aryl methyl sites for hydroxylation is 1. The summed E-state index contributed by atoms with van der Waals surface area (Å²) in [5.41, 5.74) is 6.51. The minimum Gasteiger partial charge on any atom is -0.322 e. The number of nitrogens with one attached hydrogen (secondary N) is 3. The number of amides is 3. The molecule has 6 nitrogen and oxygen atoms in total. The van der Waals surface area contributed by atoms with E-state index < -0.39 is 0 Å². The van der Waals surface area contributed by atoms with Crippen LogP contribution in [0.15, 0.2) is 112 Å². The van der Waals surface area contributed by atoms with Crippen molar-refractivity contribution in [3.05, 3.63) is 119 Å². The van der Waals surface area contributed by atoms with Crippen molar-refractivity contribution >= 4 is 40.1 Å². The maximum absolute atomic E-state index is 13.6. The predicted octanol–water partition coefficient (Wildman–Crippen LogP) is 6.48. The van der Waals surface area contributed by atoms with Gasteiger partial charge in [0.25, 0.3) is 5.91 Å². The molecule has 0 fully saturated rings. The van der Waals surface area contributed by atoms with Crippen LogP contribution in [0.4, 0.5) is 16.2 Å². The number of thioether (sulfide) groups is 1. The fourth-order valence-corrected chi connectivity index (χ4v) is 5.71. The van der Waals surface area contributed by atoms with Crippen LogP contribution in [0.1, 0.15) is 30.9 Å². The third-order valence-electron chi connectivity index (χ3n) is 6.44. The lowest BCUT2D eigenvalue weighted by molar-refractivity contribution is -0.113. The predicted molar refractivity (Wildman–Crippen MR) is 152 cm³/mol. The van der Waals surface area contributed by atoms with Crippen LogP contribution in [0.5, 0.6) is 0 Å². The van der Waals surface area contributed by atoms with Gasteiger partial charge in [-0.3, -0.25) is 4.79 Å². The highest BCUT2D eigenvalue weighted by Gasteiger charge is 2.39. The molecule has 7 heteroatoms. The van der Waals surface area contributed by atoms with Crippen molar-refractivity contribution in [2.75, 3.05) is 16.4 Å². The third kappa shape index (κ3) is 5.37. The first-order valence-electron chi connectivity index (χ1n) is 12.3. The highest BCUT2D eigenvalue weighted by molar-refractivity contribution is 8.15. The third-order valence-corrected chi connectivity index (χ3v) is 7.46. The number of para-hydroxylation sites is 1. The van der Waals surface area contributed by atoms with Crippen molar-refractivity contribution in [2.45, 2.75) is 26.2 Å². The van der Waals surface area contributed by atoms with Crippen LogP contribution in [0.25, 0.3) is 0 Å². The quantitative estimate of drug-likeness (QED) is 0.356. The van der Waals surface area contributed by atoms with E-state index >= 15 is 0 Å². The first kappa shape index (κ1) is 24.6. The van der Waals surface area contributed by atoms with Crippen LogP contribution in [-0.4, -0.2) is 22.7 Å². The highest BCUT2D eigenvalue weighted by atomic mass is 32.2. The van der Waals surface area contributed by atoms with Gasteiger partial charge < -0.3 is 16.0 Å². The normalized spacial score (nSPS) is 16.7. The van der Waals surface area contributed by atoms with Crippen molar-refractivity contribution < 1.29 is 9.59 Å². The Morgan fingerprint density at radius 3 is 2.19 bits per heavy atom. The number of rotatable bonds is 6. The van der Waals surface area contributed by atoms with Gasteiger partial charge in [0.05, 0.1) is 5.57 Å². The molecule has 1 atom stereocenters. The second-order valence-corrected chi connectivity index (χ2v) is 9.85. The number of anilines is 2. The number of carbonyl (C=O) groups excluding carboxylic acids is 2. The molecule has 0 aromatic heterocycles. The lowest BCUT2D eigenvalue weighted by Crippen LogP contribution is -2.32.